The van der Waals surface area contributed by atoms with Crippen LogP contribution in [0, 0.1) is 5.82 Å². The van der Waals surface area contributed by atoms with Gasteiger partial charge in [-0.25, -0.2) is 4.39 Å². The molecule has 3 rings (SSSR count). The van der Waals surface area contributed by atoms with E-state index in [4.69, 9.17) is 10.5 Å². The van der Waals surface area contributed by atoms with Gasteiger partial charge in [-0.3, -0.25) is 4.79 Å². The first-order chi connectivity index (χ1) is 9.18. The molecule has 1 aliphatic heterocycles. The monoisotopic (exact) mass is 257 g/mol. The largest absolute Gasteiger partial charge is 0.398 e. The smallest absolute Gasteiger partial charge is 0.196 e. The Hall–Kier alpha value is -2.20. The lowest BCUT2D eigenvalue weighted by molar-refractivity contribution is 0.0954. The number of ether oxygens (including phenoxy) is 1. The summed E-state index contributed by atoms with van der Waals surface area (Å²) in [5, 5.41) is 0. The van der Waals surface area contributed by atoms with Gasteiger partial charge in [0.05, 0.1) is 0 Å². The first-order valence-electron chi connectivity index (χ1n) is 5.97. The summed E-state index contributed by atoms with van der Waals surface area (Å²) >= 11 is 0. The minimum atomic E-state index is -0.637. The van der Waals surface area contributed by atoms with Crippen LogP contribution in [0.4, 0.5) is 10.1 Å². The fraction of sp³-hybridized carbons (Fsp3) is 0.133. The van der Waals surface area contributed by atoms with Gasteiger partial charge >= 0.3 is 0 Å². The van der Waals surface area contributed by atoms with E-state index in [9.17, 15) is 9.18 Å². The number of para-hydroxylation sites is 1. The Morgan fingerprint density at radius 3 is 2.53 bits per heavy atom. The summed E-state index contributed by atoms with van der Waals surface area (Å²) in [7, 11) is 0. The maximum absolute atomic E-state index is 13.6. The van der Waals surface area contributed by atoms with Gasteiger partial charge in [0.15, 0.2) is 11.9 Å². The van der Waals surface area contributed by atoms with Crippen molar-refractivity contribution in [2.45, 2.75) is 12.2 Å². The van der Waals surface area contributed by atoms with E-state index >= 15 is 0 Å². The highest BCUT2D eigenvalue weighted by atomic mass is 19.1. The summed E-state index contributed by atoms with van der Waals surface area (Å²) in [6.07, 6.45) is -1.14. The van der Waals surface area contributed by atoms with Gasteiger partial charge in [0.1, 0.15) is 11.9 Å². The van der Waals surface area contributed by atoms with Crippen LogP contribution in [0.25, 0.3) is 0 Å². The molecule has 1 saturated heterocycles. The molecular formula is C15H12FNO2. The van der Waals surface area contributed by atoms with Crippen molar-refractivity contribution >= 4 is 11.5 Å². The van der Waals surface area contributed by atoms with Crippen LogP contribution in [0.15, 0.2) is 48.5 Å². The van der Waals surface area contributed by atoms with Crippen LogP contribution in [0.3, 0.4) is 0 Å². The minimum absolute atomic E-state index is 0.202. The summed E-state index contributed by atoms with van der Waals surface area (Å²) < 4.78 is 18.9. The third kappa shape index (κ3) is 2.11. The van der Waals surface area contributed by atoms with Crippen LogP contribution in [0.1, 0.15) is 22.0 Å². The van der Waals surface area contributed by atoms with Crippen molar-refractivity contribution in [2.24, 2.45) is 0 Å². The van der Waals surface area contributed by atoms with Crippen LogP contribution in [-0.4, -0.2) is 11.9 Å². The number of nitrogens with two attached hydrogens (primary N) is 1. The molecule has 0 radical (unpaired) electrons. The second kappa shape index (κ2) is 4.48. The van der Waals surface area contributed by atoms with Crippen molar-refractivity contribution in [3.8, 4) is 0 Å². The van der Waals surface area contributed by atoms with Crippen molar-refractivity contribution in [1.29, 1.82) is 0 Å². The number of hydrogen-bond acceptors (Lipinski definition) is 3. The highest BCUT2D eigenvalue weighted by Crippen LogP contribution is 2.42. The molecule has 0 bridgehead atoms. The van der Waals surface area contributed by atoms with Gasteiger partial charge in [-0.15, -0.1) is 0 Å². The Kier molecular flexibility index (Phi) is 2.80. The number of hydrogen-bond donors (Lipinski definition) is 1. The number of nitrogen functional groups attached to an aromatic ring is 1. The Morgan fingerprint density at radius 1 is 1.11 bits per heavy atom. The van der Waals surface area contributed by atoms with Crippen molar-refractivity contribution < 1.29 is 13.9 Å². The van der Waals surface area contributed by atoms with E-state index in [1.807, 2.05) is 0 Å². The fourth-order valence-electron chi connectivity index (χ4n) is 2.13. The number of epoxide rings is 1. The van der Waals surface area contributed by atoms with E-state index in [-0.39, 0.29) is 11.6 Å². The molecule has 2 unspecified atom stereocenters. The van der Waals surface area contributed by atoms with Gasteiger partial charge in [0, 0.05) is 16.8 Å². The Labute approximate surface area is 109 Å². The maximum atomic E-state index is 13.6. The van der Waals surface area contributed by atoms with E-state index in [1.54, 1.807) is 42.5 Å². The van der Waals surface area contributed by atoms with E-state index in [1.165, 1.54) is 6.07 Å². The van der Waals surface area contributed by atoms with Gasteiger partial charge in [-0.1, -0.05) is 30.3 Å². The number of rotatable bonds is 3. The van der Waals surface area contributed by atoms with E-state index in [2.05, 4.69) is 0 Å². The number of carbonyl (C=O) groups is 1. The summed E-state index contributed by atoms with van der Waals surface area (Å²) in [6.45, 7) is 0. The molecule has 2 aromatic rings. The molecular weight excluding hydrogens is 245 g/mol. The lowest BCUT2D eigenvalue weighted by Gasteiger charge is -2.02. The summed E-state index contributed by atoms with van der Waals surface area (Å²) in [5.74, 6) is -0.560. The maximum Gasteiger partial charge on any atom is 0.196 e. The standard InChI is InChI=1S/C15H12FNO2/c16-11-7-3-1-5-9(11)14-15(19-14)13(18)10-6-2-4-8-12(10)17/h1-8,14-15H,17H2. The van der Waals surface area contributed by atoms with E-state index < -0.39 is 12.2 Å². The third-order valence-electron chi connectivity index (χ3n) is 3.19. The second-order valence-electron chi connectivity index (χ2n) is 4.45. The summed E-state index contributed by atoms with van der Waals surface area (Å²) in [5.41, 5.74) is 7.00. The molecule has 0 aliphatic carbocycles. The lowest BCUT2D eigenvalue weighted by atomic mass is 10.0. The molecule has 1 heterocycles. The zero-order chi connectivity index (χ0) is 13.4. The zero-order valence-electron chi connectivity index (χ0n) is 10.0. The molecule has 0 aromatic heterocycles. The highest BCUT2D eigenvalue weighted by molar-refractivity contribution is 6.05. The van der Waals surface area contributed by atoms with Crippen LogP contribution >= 0.6 is 0 Å². The molecule has 1 aliphatic rings. The van der Waals surface area contributed by atoms with Crippen molar-refractivity contribution in [3.63, 3.8) is 0 Å². The lowest BCUT2D eigenvalue weighted by Crippen LogP contribution is -2.11. The average Bonchev–Trinajstić information content (AvgIpc) is 3.19. The highest BCUT2D eigenvalue weighted by Gasteiger charge is 2.47. The molecule has 2 aromatic carbocycles. The van der Waals surface area contributed by atoms with Crippen LogP contribution < -0.4 is 5.73 Å². The minimum Gasteiger partial charge on any atom is -0.398 e. The molecule has 4 heteroatoms. The molecule has 19 heavy (non-hydrogen) atoms. The molecule has 2 atom stereocenters. The number of anilines is 1. The SMILES string of the molecule is Nc1ccccc1C(=O)C1OC1c1ccccc1F. The van der Waals surface area contributed by atoms with Gasteiger partial charge in [-0.05, 0) is 18.2 Å². The van der Waals surface area contributed by atoms with E-state index in [0.29, 0.717) is 16.8 Å². The first-order valence-corrected chi connectivity index (χ1v) is 5.97. The summed E-state index contributed by atoms with van der Waals surface area (Å²) in [4.78, 5) is 12.2. The number of carbonyl (C=O) groups excluding carboxylic acids is 1. The molecule has 0 saturated carbocycles. The van der Waals surface area contributed by atoms with Crippen LogP contribution in [0.2, 0.25) is 0 Å². The van der Waals surface area contributed by atoms with Gasteiger partial charge in [0.25, 0.3) is 0 Å². The first kappa shape index (κ1) is 11.9. The second-order valence-corrected chi connectivity index (χ2v) is 4.45. The number of benzene rings is 2. The normalized spacial score (nSPS) is 21.1. The fourth-order valence-corrected chi connectivity index (χ4v) is 2.13. The van der Waals surface area contributed by atoms with Gasteiger partial charge in [-0.2, -0.15) is 0 Å². The van der Waals surface area contributed by atoms with Crippen molar-refractivity contribution in [2.75, 3.05) is 5.73 Å². The quantitative estimate of drug-likeness (QED) is 0.522. The molecule has 3 nitrogen and oxygen atoms in total. The molecule has 2 N–H and O–H groups in total. The average molecular weight is 257 g/mol. The van der Waals surface area contributed by atoms with Gasteiger partial charge in [0.2, 0.25) is 0 Å². The molecule has 96 valence electrons. The van der Waals surface area contributed by atoms with Crippen molar-refractivity contribution in [1.82, 2.24) is 0 Å². The Balaban J connectivity index is 1.83. The van der Waals surface area contributed by atoms with Crippen LogP contribution in [0.5, 0.6) is 0 Å². The number of Topliss-reactive ketones (excluding diaryl/α,β-unsaturated/α-hetero) is 1. The number of halogens is 1. The van der Waals surface area contributed by atoms with Crippen molar-refractivity contribution in [3.05, 3.63) is 65.5 Å². The predicted octanol–water partition coefficient (Wildman–Crippen LogP) is 2.73. The van der Waals surface area contributed by atoms with Gasteiger partial charge < -0.3 is 10.5 Å². The predicted molar refractivity (Wildman–Crippen MR) is 69.2 cm³/mol. The summed E-state index contributed by atoms with van der Waals surface area (Å²) in [6, 6.07) is 13.1. The molecule has 0 spiro atoms. The third-order valence-corrected chi connectivity index (χ3v) is 3.19. The zero-order valence-corrected chi connectivity index (χ0v) is 10.0. The molecule has 0 amide bonds. The van der Waals surface area contributed by atoms with Crippen LogP contribution in [-0.2, 0) is 4.74 Å². The molecule has 1 fully saturated rings. The Bertz CT molecular complexity index is 642. The topological polar surface area (TPSA) is 55.6 Å². The number of ketones is 1. The Morgan fingerprint density at radius 2 is 1.79 bits per heavy atom. The van der Waals surface area contributed by atoms with E-state index in [0.717, 1.165) is 0 Å².